The van der Waals surface area contributed by atoms with E-state index in [1.807, 2.05) is 0 Å². The highest BCUT2D eigenvalue weighted by Crippen LogP contribution is 2.27. The molecule has 2 saturated heterocycles. The summed E-state index contributed by atoms with van der Waals surface area (Å²) in [5.74, 6) is 0. The molecule has 0 aliphatic carbocycles. The number of aliphatic hydroxyl groups is 8. The van der Waals surface area contributed by atoms with Crippen molar-refractivity contribution in [2.24, 2.45) is 0 Å². The minimum atomic E-state index is -1.72. The molecule has 136 valence electrons. The topological polar surface area (TPSA) is 190 Å². The van der Waals surface area contributed by atoms with Crippen LogP contribution in [0.3, 0.4) is 0 Å². The smallest absolute Gasteiger partial charge is 0.189 e. The van der Waals surface area contributed by atoms with Gasteiger partial charge in [-0.15, -0.1) is 0 Å². The van der Waals surface area contributed by atoms with E-state index in [0.717, 1.165) is 0 Å². The molecular formula is C12H22O11. The SMILES string of the molecule is OC[C@H]1O[C@H](O[C@@H]2O[C@H](CO)[C@@H](O)[C@H](O)[C@H]2O)[C@@H](O)[C@@H](O)[C@@H]1O. The lowest BCUT2D eigenvalue weighted by Crippen LogP contribution is -2.63. The predicted molar refractivity (Wildman–Crippen MR) is 68.6 cm³/mol. The Balaban J connectivity index is 2.07. The van der Waals surface area contributed by atoms with Gasteiger partial charge in [-0.1, -0.05) is 0 Å². The third kappa shape index (κ3) is 3.65. The van der Waals surface area contributed by atoms with E-state index in [1.54, 1.807) is 0 Å². The van der Waals surface area contributed by atoms with Crippen molar-refractivity contribution in [2.45, 2.75) is 61.4 Å². The molecule has 0 radical (unpaired) electrons. The second-order valence-corrected chi connectivity index (χ2v) is 5.53. The molecule has 0 aromatic rings. The van der Waals surface area contributed by atoms with E-state index in [0.29, 0.717) is 0 Å². The summed E-state index contributed by atoms with van der Waals surface area (Å²) >= 11 is 0. The van der Waals surface area contributed by atoms with Crippen LogP contribution >= 0.6 is 0 Å². The molecule has 0 amide bonds. The molecule has 0 saturated carbocycles. The third-order valence-corrected chi connectivity index (χ3v) is 3.97. The molecule has 0 unspecified atom stereocenters. The van der Waals surface area contributed by atoms with E-state index in [1.165, 1.54) is 0 Å². The van der Waals surface area contributed by atoms with Crippen LogP contribution in [0.4, 0.5) is 0 Å². The summed E-state index contributed by atoms with van der Waals surface area (Å²) in [7, 11) is 0. The molecule has 10 atom stereocenters. The molecule has 0 aromatic heterocycles. The van der Waals surface area contributed by atoms with Crippen LogP contribution in [0.2, 0.25) is 0 Å². The highest BCUT2D eigenvalue weighted by Gasteiger charge is 2.49. The summed E-state index contributed by atoms with van der Waals surface area (Å²) in [6, 6.07) is 0. The summed E-state index contributed by atoms with van der Waals surface area (Å²) in [6.45, 7) is -1.33. The van der Waals surface area contributed by atoms with Crippen LogP contribution in [0.15, 0.2) is 0 Å². The predicted octanol–water partition coefficient (Wildman–Crippen LogP) is -5.40. The molecule has 2 fully saturated rings. The average molecular weight is 342 g/mol. The van der Waals surface area contributed by atoms with E-state index in [2.05, 4.69) is 0 Å². The maximum atomic E-state index is 9.84. The van der Waals surface area contributed by atoms with Crippen LogP contribution in [0.5, 0.6) is 0 Å². The lowest BCUT2D eigenvalue weighted by atomic mass is 9.98. The molecule has 0 spiro atoms. The van der Waals surface area contributed by atoms with Gasteiger partial charge in [0.25, 0.3) is 0 Å². The molecule has 2 aliphatic rings. The highest BCUT2D eigenvalue weighted by molar-refractivity contribution is 4.92. The largest absolute Gasteiger partial charge is 0.394 e. The maximum absolute atomic E-state index is 9.84. The van der Waals surface area contributed by atoms with Gasteiger partial charge in [-0.2, -0.15) is 0 Å². The quantitative estimate of drug-likeness (QED) is 0.243. The van der Waals surface area contributed by atoms with Gasteiger partial charge in [-0.25, -0.2) is 0 Å². The first kappa shape index (κ1) is 18.9. The fraction of sp³-hybridized carbons (Fsp3) is 1.00. The maximum Gasteiger partial charge on any atom is 0.189 e. The third-order valence-electron chi connectivity index (χ3n) is 3.97. The summed E-state index contributed by atoms with van der Waals surface area (Å²) in [5.41, 5.74) is 0. The zero-order valence-electron chi connectivity index (χ0n) is 12.0. The summed E-state index contributed by atoms with van der Waals surface area (Å²) in [6.07, 6.45) is -15.6. The van der Waals surface area contributed by atoms with Gasteiger partial charge >= 0.3 is 0 Å². The van der Waals surface area contributed by atoms with Crippen molar-refractivity contribution < 1.29 is 55.1 Å². The van der Waals surface area contributed by atoms with Crippen LogP contribution in [-0.4, -0.2) is 115 Å². The van der Waals surface area contributed by atoms with Gasteiger partial charge in [-0.3, -0.25) is 0 Å². The van der Waals surface area contributed by atoms with Crippen LogP contribution in [-0.2, 0) is 14.2 Å². The first-order chi connectivity index (χ1) is 10.8. The fourth-order valence-electron chi connectivity index (χ4n) is 2.49. The van der Waals surface area contributed by atoms with Gasteiger partial charge in [0.15, 0.2) is 12.6 Å². The van der Waals surface area contributed by atoms with E-state index in [4.69, 9.17) is 24.4 Å². The molecule has 2 rings (SSSR count). The van der Waals surface area contributed by atoms with Gasteiger partial charge in [0.2, 0.25) is 0 Å². The fourth-order valence-corrected chi connectivity index (χ4v) is 2.49. The van der Waals surface area contributed by atoms with E-state index < -0.39 is 74.6 Å². The van der Waals surface area contributed by atoms with Crippen molar-refractivity contribution >= 4 is 0 Å². The average Bonchev–Trinajstić information content (AvgIpc) is 2.55. The van der Waals surface area contributed by atoms with Crippen LogP contribution < -0.4 is 0 Å². The van der Waals surface area contributed by atoms with Crippen molar-refractivity contribution in [2.75, 3.05) is 13.2 Å². The number of hydrogen-bond donors (Lipinski definition) is 8. The zero-order valence-corrected chi connectivity index (χ0v) is 12.0. The first-order valence-electron chi connectivity index (χ1n) is 7.08. The summed E-state index contributed by atoms with van der Waals surface area (Å²) in [5, 5.41) is 76.4. The zero-order chi connectivity index (χ0) is 17.3. The van der Waals surface area contributed by atoms with Gasteiger partial charge in [0, 0.05) is 0 Å². The molecule has 11 nitrogen and oxygen atoms in total. The van der Waals surface area contributed by atoms with Gasteiger partial charge < -0.3 is 55.1 Å². The van der Waals surface area contributed by atoms with Gasteiger partial charge in [0.05, 0.1) is 13.2 Å². The number of aliphatic hydroxyl groups excluding tert-OH is 8. The van der Waals surface area contributed by atoms with E-state index >= 15 is 0 Å². The Kier molecular flexibility index (Phi) is 6.27. The minimum absolute atomic E-state index is 0.667. The lowest BCUT2D eigenvalue weighted by Gasteiger charge is -2.44. The lowest BCUT2D eigenvalue weighted by molar-refractivity contribution is -0.376. The Morgan fingerprint density at radius 1 is 0.565 bits per heavy atom. The van der Waals surface area contributed by atoms with Crippen molar-refractivity contribution in [1.29, 1.82) is 0 Å². The number of ether oxygens (including phenoxy) is 3. The molecule has 8 N–H and O–H groups in total. The molecule has 0 aromatic carbocycles. The summed E-state index contributed by atoms with van der Waals surface area (Å²) < 4.78 is 15.3. The van der Waals surface area contributed by atoms with E-state index in [9.17, 15) is 30.6 Å². The normalized spacial score (nSPS) is 51.7. The minimum Gasteiger partial charge on any atom is -0.394 e. The van der Waals surface area contributed by atoms with Crippen molar-refractivity contribution in [3.63, 3.8) is 0 Å². The van der Waals surface area contributed by atoms with Gasteiger partial charge in [-0.05, 0) is 0 Å². The van der Waals surface area contributed by atoms with Crippen molar-refractivity contribution in [3.05, 3.63) is 0 Å². The molecule has 2 heterocycles. The molecule has 11 heteroatoms. The molecular weight excluding hydrogens is 320 g/mol. The standard InChI is InChI=1S/C12H22O11/c13-1-3-5(15)7(17)9(19)11(21-3)23-12-10(20)8(18)6(16)4(2-14)22-12/h3-20H,1-2H2/t3-,4-,5-,6-,7+,8+,9-,10+,11+,12-/m1/s1. The van der Waals surface area contributed by atoms with E-state index in [-0.39, 0.29) is 0 Å². The van der Waals surface area contributed by atoms with Crippen LogP contribution in [0.25, 0.3) is 0 Å². The molecule has 23 heavy (non-hydrogen) atoms. The van der Waals surface area contributed by atoms with Crippen LogP contribution in [0, 0.1) is 0 Å². The Hall–Kier alpha value is -0.440. The summed E-state index contributed by atoms with van der Waals surface area (Å²) in [4.78, 5) is 0. The Bertz CT molecular complexity index is 344. The number of rotatable bonds is 4. The Labute approximate surface area is 130 Å². The number of hydrogen-bond acceptors (Lipinski definition) is 11. The molecule has 0 bridgehead atoms. The van der Waals surface area contributed by atoms with Crippen LogP contribution in [0.1, 0.15) is 0 Å². The Morgan fingerprint density at radius 2 is 0.913 bits per heavy atom. The van der Waals surface area contributed by atoms with Gasteiger partial charge in [0.1, 0.15) is 48.8 Å². The van der Waals surface area contributed by atoms with Crippen molar-refractivity contribution in [1.82, 2.24) is 0 Å². The monoisotopic (exact) mass is 342 g/mol. The molecule has 2 aliphatic heterocycles. The second kappa shape index (κ2) is 7.63. The van der Waals surface area contributed by atoms with Crippen molar-refractivity contribution in [3.8, 4) is 0 Å². The highest BCUT2D eigenvalue weighted by atomic mass is 16.8. The Morgan fingerprint density at radius 3 is 1.22 bits per heavy atom. The second-order valence-electron chi connectivity index (χ2n) is 5.53. The first-order valence-corrected chi connectivity index (χ1v) is 7.08.